The van der Waals surface area contributed by atoms with Gasteiger partial charge < -0.3 is 22.1 Å². The minimum Gasteiger partial charge on any atom is -0.466 e. The summed E-state index contributed by atoms with van der Waals surface area (Å²) < 4.78 is 113. The average molecular weight is 1590 g/mol. The first-order valence-corrected chi connectivity index (χ1v) is 38.0. The molecule has 0 fully saturated rings. The van der Waals surface area contributed by atoms with Crippen molar-refractivity contribution in [1.82, 2.24) is 0 Å². The second-order valence-electron chi connectivity index (χ2n) is 29.2. The van der Waals surface area contributed by atoms with Crippen LogP contribution in [-0.4, -0.2) is 0 Å². The number of nitrogens with zero attached hydrogens (tertiary/aromatic N) is 10. The summed E-state index contributed by atoms with van der Waals surface area (Å²) in [4.78, 5) is 10.3. The molecule has 0 spiro atoms. The van der Waals surface area contributed by atoms with Gasteiger partial charge in [0.15, 0.2) is 70.3 Å². The van der Waals surface area contributed by atoms with E-state index in [-0.39, 0.29) is 29.1 Å². The lowest BCUT2D eigenvalue weighted by atomic mass is 9.95. The smallest absolute Gasteiger partial charge is 0.229 e. The van der Waals surface area contributed by atoms with E-state index in [1.807, 2.05) is 215 Å². The fourth-order valence-corrected chi connectivity index (χ4v) is 16.1. The van der Waals surface area contributed by atoms with Crippen LogP contribution in [0.15, 0.2) is 265 Å². The molecular formula is C100H70F5N10O5+5. The van der Waals surface area contributed by atoms with Gasteiger partial charge in [0.2, 0.25) is 34.2 Å². The summed E-state index contributed by atoms with van der Waals surface area (Å²) in [5.74, 6) is -1.68. The van der Waals surface area contributed by atoms with Crippen molar-refractivity contribution in [3.05, 3.63) is 346 Å². The molecule has 10 aromatic carbocycles. The number of para-hydroxylation sites is 1. The molecule has 0 bridgehead atoms. The third kappa shape index (κ3) is 13.6. The zero-order valence-electron chi connectivity index (χ0n) is 66.5. The molecule has 0 atom stereocenters. The molecule has 10 heterocycles. The maximum atomic E-state index is 14.7. The number of rotatable bonds is 5. The molecule has 20 aromatic rings. The van der Waals surface area contributed by atoms with E-state index in [9.17, 15) is 32.5 Å². The summed E-state index contributed by atoms with van der Waals surface area (Å²) in [5, 5.41) is 24.1. The molecule has 0 amide bonds. The Morgan fingerprint density at radius 1 is 0.283 bits per heavy atom. The van der Waals surface area contributed by atoms with Crippen LogP contribution in [0.5, 0.6) is 0 Å². The summed E-state index contributed by atoms with van der Waals surface area (Å²) in [6.07, 6.45) is 9.72. The van der Waals surface area contributed by atoms with E-state index < -0.39 is 0 Å². The van der Waals surface area contributed by atoms with E-state index in [1.165, 1.54) is 24.3 Å². The van der Waals surface area contributed by atoms with Crippen LogP contribution in [0.3, 0.4) is 0 Å². The van der Waals surface area contributed by atoms with Crippen molar-refractivity contribution in [2.45, 2.75) is 34.6 Å². The number of furan rings is 5. The lowest BCUT2D eigenvalue weighted by molar-refractivity contribution is -0.660. The van der Waals surface area contributed by atoms with Gasteiger partial charge >= 0.3 is 0 Å². The first-order chi connectivity index (χ1) is 58.0. The van der Waals surface area contributed by atoms with Gasteiger partial charge in [0, 0.05) is 87.6 Å². The Kier molecular flexibility index (Phi) is 20.6. The van der Waals surface area contributed by atoms with Crippen molar-refractivity contribution in [3.63, 3.8) is 0 Å². The van der Waals surface area contributed by atoms with Gasteiger partial charge in [-0.05, 0) is 166 Å². The highest BCUT2D eigenvalue weighted by molar-refractivity contribution is 6.17. The molecule has 0 aliphatic heterocycles. The van der Waals surface area contributed by atoms with Gasteiger partial charge in [0.1, 0.15) is 98.3 Å². The van der Waals surface area contributed by atoms with E-state index in [2.05, 4.69) is 26.7 Å². The summed E-state index contributed by atoms with van der Waals surface area (Å²) in [7, 11) is 9.72. The number of hydrogen-bond donors (Lipinski definition) is 0. The second kappa shape index (κ2) is 31.7. The van der Waals surface area contributed by atoms with E-state index in [4.69, 9.17) is 41.8 Å². The van der Waals surface area contributed by atoms with Crippen molar-refractivity contribution in [3.8, 4) is 68.4 Å². The Hall–Kier alpha value is -16.0. The zero-order chi connectivity index (χ0) is 84.2. The van der Waals surface area contributed by atoms with Crippen molar-refractivity contribution >= 4 is 127 Å². The average Bonchev–Trinajstić information content (AvgIpc) is 1.59. The van der Waals surface area contributed by atoms with Crippen LogP contribution >= 0.6 is 0 Å². The zero-order valence-corrected chi connectivity index (χ0v) is 66.5. The molecular weight excluding hydrogens is 1520 g/mol. The number of benzene rings is 10. The van der Waals surface area contributed by atoms with Gasteiger partial charge in [-0.3, -0.25) is 0 Å². The molecule has 20 heteroatoms. The Bertz CT molecular complexity index is 7780. The van der Waals surface area contributed by atoms with Gasteiger partial charge in [-0.15, -0.1) is 0 Å². The number of hydrogen-bond acceptors (Lipinski definition) is 7. The topological polar surface area (TPSA) is 146 Å². The first kappa shape index (κ1) is 78.0. The van der Waals surface area contributed by atoms with Gasteiger partial charge in [0.05, 0.1) is 91.7 Å². The molecule has 10 aromatic heterocycles. The van der Waals surface area contributed by atoms with Crippen LogP contribution in [-0.2, 0) is 35.2 Å². The number of aromatic nitrogens is 5. The van der Waals surface area contributed by atoms with Crippen molar-refractivity contribution < 1.29 is 66.9 Å². The number of nitriles is 2. The molecule has 0 radical (unpaired) electrons. The minimum absolute atomic E-state index is 0.306. The Labute approximate surface area is 684 Å². The number of halogens is 5. The minimum atomic E-state index is -0.369. The van der Waals surface area contributed by atoms with Gasteiger partial charge in [-0.1, -0.05) is 48.5 Å². The van der Waals surface area contributed by atoms with E-state index in [0.29, 0.717) is 138 Å². The molecule has 0 aliphatic rings. The fourth-order valence-electron chi connectivity index (χ4n) is 16.1. The van der Waals surface area contributed by atoms with Crippen molar-refractivity contribution in [2.24, 2.45) is 35.2 Å². The quantitative estimate of drug-likeness (QED) is 0.0947. The highest BCUT2D eigenvalue weighted by Crippen LogP contribution is 2.47. The molecule has 20 rings (SSSR count). The van der Waals surface area contributed by atoms with Crippen LogP contribution in [0.25, 0.3) is 181 Å². The monoisotopic (exact) mass is 1590 g/mol. The largest absolute Gasteiger partial charge is 0.466 e. The Morgan fingerprint density at radius 2 is 0.675 bits per heavy atom. The number of pyridine rings is 5. The normalized spacial score (nSPS) is 11.1. The van der Waals surface area contributed by atoms with Gasteiger partial charge in [-0.2, -0.15) is 10.5 Å². The first-order valence-electron chi connectivity index (χ1n) is 38.0. The SMILES string of the molecule is Cc1cc(C#N)c2oc3cccc(F)c3c2c1-c1cccc[n+]1C.Cc1cc(F)c2c(oc3cccc(C#N)c32)c1-c1cccc[n+]1C.[C-]#[N+]c1ccc2c(c1)oc1c(-c3cccc[n+]3C)c(C)cc(F)c12.[C-]#[N+]c1ccc2oc3c(-c4cccc[n+]4C)c(C)cc(F)c3c2c1.[C-]#[N+]c1cccc2c1oc1c(-c3cccc[n+]3C)c(C)cc(F)c12. The van der Waals surface area contributed by atoms with Crippen LogP contribution < -0.4 is 22.8 Å². The van der Waals surface area contributed by atoms with Crippen LogP contribution in [0.1, 0.15) is 38.9 Å². The Balaban J connectivity index is 0.000000112. The molecule has 0 unspecified atom stereocenters. The predicted molar refractivity (Wildman–Crippen MR) is 453 cm³/mol. The second-order valence-corrected chi connectivity index (χ2v) is 29.2. The lowest BCUT2D eigenvalue weighted by Gasteiger charge is -2.07. The molecule has 0 N–H and O–H groups in total. The number of fused-ring (bicyclic) bond motifs is 15. The van der Waals surface area contributed by atoms with Crippen LogP contribution in [0, 0.1) is 106 Å². The molecule has 15 nitrogen and oxygen atoms in total. The van der Waals surface area contributed by atoms with Crippen LogP contribution in [0.4, 0.5) is 39.0 Å². The highest BCUT2D eigenvalue weighted by atomic mass is 19.1. The summed E-state index contributed by atoms with van der Waals surface area (Å²) in [5.41, 5.74) is 20.3. The molecule has 0 saturated heterocycles. The number of aryl methyl sites for hydroxylation is 10. The fraction of sp³-hybridized carbons (Fsp3) is 0.100. The summed E-state index contributed by atoms with van der Waals surface area (Å²) >= 11 is 0. The highest BCUT2D eigenvalue weighted by Gasteiger charge is 2.31. The lowest BCUT2D eigenvalue weighted by Crippen LogP contribution is -2.30. The maximum absolute atomic E-state index is 14.7. The maximum Gasteiger partial charge on any atom is 0.229 e. The van der Waals surface area contributed by atoms with E-state index in [1.54, 1.807) is 97.1 Å². The third-order valence-electron chi connectivity index (χ3n) is 21.7. The van der Waals surface area contributed by atoms with Crippen molar-refractivity contribution in [1.29, 1.82) is 10.5 Å². The summed E-state index contributed by atoms with van der Waals surface area (Å²) in [6.45, 7) is 31.0. The van der Waals surface area contributed by atoms with E-state index in [0.717, 1.165) is 84.1 Å². The van der Waals surface area contributed by atoms with Gasteiger partial charge in [-0.25, -0.2) is 59.3 Å². The Morgan fingerprint density at radius 3 is 1.16 bits per heavy atom. The van der Waals surface area contributed by atoms with Crippen molar-refractivity contribution in [2.75, 3.05) is 0 Å². The van der Waals surface area contributed by atoms with Gasteiger partial charge in [0.25, 0.3) is 0 Å². The molecule has 120 heavy (non-hydrogen) atoms. The molecule has 580 valence electrons. The summed E-state index contributed by atoms with van der Waals surface area (Å²) in [6, 6.07) is 66.9. The van der Waals surface area contributed by atoms with E-state index >= 15 is 0 Å². The molecule has 0 aliphatic carbocycles. The third-order valence-corrected chi connectivity index (χ3v) is 21.7. The predicted octanol–water partition coefficient (Wildman–Crippen LogP) is 24.0. The van der Waals surface area contributed by atoms with Crippen LogP contribution in [0.2, 0.25) is 0 Å². The molecule has 0 saturated carbocycles. The standard InChI is InChI=1S/5C20H14FN2O/c1-12-11-14(21)18-13-7-6-8-15(22-2)19(13)24-20(18)17(12)16-9-4-5-10-23(16)3;1-12-10-15(21)19-14-11-13(22-2)7-8-17(14)24-20(19)18(12)16-6-4-5-9-23(16)3;1-12-10-15(21)19-14-8-7-13(22-2)11-17(14)24-20(19)18(12)16-6-4-5-9-23(16)3;1-12-10-13(11-22)20-19(17(12)15-7-3-4-9-23(15)2)18-14(21)6-5-8-16(18)24-20;1-12-10-14(21)19-18-13(11-22)6-5-8-16(18)24-20(19)17(12)15-7-3-4-9-23(15)2/h3*4-11H,1,3H3;2*3-10H,1-2H3/q5*+1.